The molecule has 4 nitrogen and oxygen atoms in total. The molecule has 1 amide bonds. The molecule has 0 spiro atoms. The van der Waals surface area contributed by atoms with Gasteiger partial charge in [0.2, 0.25) is 0 Å². The van der Waals surface area contributed by atoms with E-state index >= 15 is 0 Å². The Kier molecular flexibility index (Phi) is 5.63. The number of alkyl halides is 3. The van der Waals surface area contributed by atoms with Crippen LogP contribution in [0.5, 0.6) is 0 Å². The van der Waals surface area contributed by atoms with Crippen molar-refractivity contribution < 1.29 is 18.0 Å². The molecule has 7 heteroatoms. The van der Waals surface area contributed by atoms with Gasteiger partial charge < -0.3 is 5.32 Å². The van der Waals surface area contributed by atoms with Crippen LogP contribution in [-0.4, -0.2) is 18.2 Å². The smallest absolute Gasteiger partial charge is 0.376 e. The highest BCUT2D eigenvalue weighted by Gasteiger charge is 2.30. The van der Waals surface area contributed by atoms with Gasteiger partial charge in [-0.15, -0.1) is 0 Å². The van der Waals surface area contributed by atoms with Crippen molar-refractivity contribution in [3.8, 4) is 0 Å². The van der Waals surface area contributed by atoms with Crippen LogP contribution >= 0.6 is 0 Å². The van der Waals surface area contributed by atoms with Gasteiger partial charge in [0.1, 0.15) is 0 Å². The average Bonchev–Trinajstić information content (AvgIpc) is 2.69. The largest absolute Gasteiger partial charge is 0.416 e. The third-order valence-electron chi connectivity index (χ3n) is 4.17. The molecule has 0 saturated heterocycles. The Bertz CT molecular complexity index is 1020. The van der Waals surface area contributed by atoms with Crippen molar-refractivity contribution in [1.29, 1.82) is 0 Å². The summed E-state index contributed by atoms with van der Waals surface area (Å²) in [5.74, 6) is -0.461. The van der Waals surface area contributed by atoms with Gasteiger partial charge in [0.25, 0.3) is 5.91 Å². The standard InChI is InChI=1S/C21H18F3N3O/c1-14(18-11-4-7-15-6-2-3-10-19(15)18)26-27-20(28)13-25-17-9-5-8-16(12-17)21(22,23)24/h2-12,25H,13H2,1H3,(H,27,28)/b26-14-. The van der Waals surface area contributed by atoms with Crippen molar-refractivity contribution in [2.45, 2.75) is 13.1 Å². The van der Waals surface area contributed by atoms with Crippen molar-refractivity contribution in [3.05, 3.63) is 77.9 Å². The third-order valence-corrected chi connectivity index (χ3v) is 4.17. The fourth-order valence-corrected chi connectivity index (χ4v) is 2.77. The highest BCUT2D eigenvalue weighted by Crippen LogP contribution is 2.30. The predicted octanol–water partition coefficient (Wildman–Crippen LogP) is 4.81. The minimum Gasteiger partial charge on any atom is -0.376 e. The normalized spacial score (nSPS) is 12.1. The van der Waals surface area contributed by atoms with E-state index in [2.05, 4.69) is 15.8 Å². The van der Waals surface area contributed by atoms with Gasteiger partial charge in [0.15, 0.2) is 0 Å². The molecule has 3 aromatic rings. The summed E-state index contributed by atoms with van der Waals surface area (Å²) in [4.78, 5) is 12.0. The van der Waals surface area contributed by atoms with Crippen LogP contribution in [-0.2, 0) is 11.0 Å². The van der Waals surface area contributed by atoms with E-state index in [4.69, 9.17) is 0 Å². The minimum atomic E-state index is -4.43. The van der Waals surface area contributed by atoms with Gasteiger partial charge in [0, 0.05) is 11.3 Å². The maximum atomic E-state index is 12.7. The third kappa shape index (κ3) is 4.68. The molecular weight excluding hydrogens is 367 g/mol. The van der Waals surface area contributed by atoms with Crippen LogP contribution in [0.15, 0.2) is 71.8 Å². The molecule has 0 atom stereocenters. The number of carbonyl (C=O) groups excluding carboxylic acids is 1. The Morgan fingerprint density at radius 2 is 1.71 bits per heavy atom. The first kappa shape index (κ1) is 19.4. The van der Waals surface area contributed by atoms with E-state index in [1.165, 1.54) is 12.1 Å². The minimum absolute atomic E-state index is 0.201. The van der Waals surface area contributed by atoms with Crippen molar-refractivity contribution in [2.75, 3.05) is 11.9 Å². The molecule has 0 radical (unpaired) electrons. The number of hydrogen-bond acceptors (Lipinski definition) is 3. The van der Waals surface area contributed by atoms with Crippen LogP contribution in [0.2, 0.25) is 0 Å². The number of nitrogens with one attached hydrogen (secondary N) is 2. The molecule has 2 N–H and O–H groups in total. The van der Waals surface area contributed by atoms with Crippen molar-refractivity contribution in [1.82, 2.24) is 5.43 Å². The summed E-state index contributed by atoms with van der Waals surface area (Å²) < 4.78 is 38.2. The summed E-state index contributed by atoms with van der Waals surface area (Å²) in [6.45, 7) is 1.58. The molecule has 0 aliphatic rings. The second kappa shape index (κ2) is 8.12. The first-order chi connectivity index (χ1) is 13.3. The second-order valence-electron chi connectivity index (χ2n) is 6.19. The SMILES string of the molecule is C/C(=N/NC(=O)CNc1cccc(C(F)(F)F)c1)c1cccc2ccccc12. The first-order valence-electron chi connectivity index (χ1n) is 8.57. The number of halogens is 3. The number of amides is 1. The van der Waals surface area contributed by atoms with E-state index in [1.54, 1.807) is 6.92 Å². The highest BCUT2D eigenvalue weighted by atomic mass is 19.4. The van der Waals surface area contributed by atoms with Gasteiger partial charge in [-0.1, -0.05) is 48.5 Å². The summed E-state index contributed by atoms with van der Waals surface area (Å²) in [7, 11) is 0. The van der Waals surface area contributed by atoms with Crippen LogP contribution in [0, 0.1) is 0 Å². The maximum Gasteiger partial charge on any atom is 0.416 e. The quantitative estimate of drug-likeness (QED) is 0.489. The summed E-state index contributed by atoms with van der Waals surface area (Å²) in [5, 5.41) is 8.86. The van der Waals surface area contributed by atoms with Crippen molar-refractivity contribution >= 4 is 28.1 Å². The number of anilines is 1. The number of hydrogen-bond donors (Lipinski definition) is 2. The Morgan fingerprint density at radius 1 is 1.00 bits per heavy atom. The first-order valence-corrected chi connectivity index (χ1v) is 8.57. The monoisotopic (exact) mass is 385 g/mol. The van der Waals surface area contributed by atoms with Gasteiger partial charge in [-0.3, -0.25) is 4.79 Å². The molecule has 0 fully saturated rings. The van der Waals surface area contributed by atoms with E-state index < -0.39 is 17.6 Å². The van der Waals surface area contributed by atoms with Crippen LogP contribution in [0.1, 0.15) is 18.1 Å². The molecule has 0 aliphatic carbocycles. The summed E-state index contributed by atoms with van der Waals surface area (Å²) >= 11 is 0. The van der Waals surface area contributed by atoms with E-state index in [0.717, 1.165) is 28.5 Å². The van der Waals surface area contributed by atoms with Crippen molar-refractivity contribution in [3.63, 3.8) is 0 Å². The molecule has 0 aromatic heterocycles. The average molecular weight is 385 g/mol. The van der Waals surface area contributed by atoms with Gasteiger partial charge >= 0.3 is 6.18 Å². The molecule has 0 saturated carbocycles. The molecule has 0 unspecified atom stereocenters. The fourth-order valence-electron chi connectivity index (χ4n) is 2.77. The summed E-state index contributed by atoms with van der Waals surface area (Å²) in [6.07, 6.45) is -4.43. The van der Waals surface area contributed by atoms with Gasteiger partial charge in [-0.05, 0) is 35.9 Å². The molecular formula is C21H18F3N3O. The van der Waals surface area contributed by atoms with Gasteiger partial charge in [-0.25, -0.2) is 5.43 Å². The molecule has 3 rings (SSSR count). The Balaban J connectivity index is 1.64. The Labute approximate surface area is 160 Å². The molecule has 28 heavy (non-hydrogen) atoms. The van der Waals surface area contributed by atoms with E-state index in [0.29, 0.717) is 5.71 Å². The molecule has 144 valence electrons. The Hall–Kier alpha value is -3.35. The lowest BCUT2D eigenvalue weighted by atomic mass is 10.0. The number of nitrogens with zero attached hydrogens (tertiary/aromatic N) is 1. The topological polar surface area (TPSA) is 53.5 Å². The lowest BCUT2D eigenvalue weighted by molar-refractivity contribution is -0.137. The van der Waals surface area contributed by atoms with Crippen molar-refractivity contribution in [2.24, 2.45) is 5.10 Å². The van der Waals surface area contributed by atoms with Crippen LogP contribution < -0.4 is 10.7 Å². The Morgan fingerprint density at radius 3 is 2.50 bits per heavy atom. The molecule has 3 aromatic carbocycles. The maximum absolute atomic E-state index is 12.7. The van der Waals surface area contributed by atoms with Gasteiger partial charge in [-0.2, -0.15) is 18.3 Å². The molecule has 0 aliphatic heterocycles. The fraction of sp³-hybridized carbons (Fsp3) is 0.143. The van der Waals surface area contributed by atoms with Crippen LogP contribution in [0.3, 0.4) is 0 Å². The predicted molar refractivity (Wildman–Crippen MR) is 104 cm³/mol. The summed E-state index contributed by atoms with van der Waals surface area (Å²) in [6, 6.07) is 18.3. The van der Waals surface area contributed by atoms with Crippen LogP contribution in [0.25, 0.3) is 10.8 Å². The van der Waals surface area contributed by atoms with Crippen LogP contribution in [0.4, 0.5) is 18.9 Å². The number of hydrazone groups is 1. The zero-order valence-corrected chi connectivity index (χ0v) is 15.0. The zero-order chi connectivity index (χ0) is 20.1. The van der Waals surface area contributed by atoms with E-state index in [9.17, 15) is 18.0 Å². The number of fused-ring (bicyclic) bond motifs is 1. The lowest BCUT2D eigenvalue weighted by Crippen LogP contribution is -2.26. The molecule has 0 heterocycles. The lowest BCUT2D eigenvalue weighted by Gasteiger charge is -2.10. The number of carbonyl (C=O) groups is 1. The second-order valence-corrected chi connectivity index (χ2v) is 6.19. The zero-order valence-electron chi connectivity index (χ0n) is 15.0. The number of benzene rings is 3. The summed E-state index contributed by atoms with van der Waals surface area (Å²) in [5.41, 5.74) is 3.38. The van der Waals surface area contributed by atoms with E-state index in [-0.39, 0.29) is 12.2 Å². The molecule has 0 bridgehead atoms. The van der Waals surface area contributed by atoms with Gasteiger partial charge in [0.05, 0.1) is 17.8 Å². The number of rotatable bonds is 5. The highest BCUT2D eigenvalue weighted by molar-refractivity contribution is 6.09. The van der Waals surface area contributed by atoms with E-state index in [1.807, 2.05) is 42.5 Å².